The second-order valence-electron chi connectivity index (χ2n) is 5.94. The Morgan fingerprint density at radius 3 is 2.26 bits per heavy atom. The number of ether oxygens (including phenoxy) is 1. The van der Waals surface area contributed by atoms with Gasteiger partial charge >= 0.3 is 0 Å². The van der Waals surface area contributed by atoms with E-state index in [9.17, 15) is 5.11 Å². The van der Waals surface area contributed by atoms with Crippen molar-refractivity contribution in [2.24, 2.45) is 0 Å². The maximum Gasteiger partial charge on any atom is 0.119 e. The molecule has 1 atom stereocenters. The lowest BCUT2D eigenvalue weighted by Gasteiger charge is -2.31. The van der Waals surface area contributed by atoms with Crippen LogP contribution in [0.5, 0.6) is 5.75 Å². The molecule has 0 radical (unpaired) electrons. The van der Waals surface area contributed by atoms with Crippen molar-refractivity contribution in [3.63, 3.8) is 0 Å². The molecule has 0 aromatic heterocycles. The first-order chi connectivity index (χ1) is 8.84. The van der Waals surface area contributed by atoms with Crippen LogP contribution in [0, 0.1) is 13.8 Å². The summed E-state index contributed by atoms with van der Waals surface area (Å²) < 4.78 is 5.80. The predicted molar refractivity (Wildman–Crippen MR) is 79.8 cm³/mol. The van der Waals surface area contributed by atoms with Crippen LogP contribution in [-0.4, -0.2) is 29.9 Å². The molecule has 2 N–H and O–H groups in total. The van der Waals surface area contributed by atoms with Gasteiger partial charge in [-0.15, -0.1) is 0 Å². The lowest BCUT2D eigenvalue weighted by Crippen LogP contribution is -2.49. The molecule has 0 aliphatic rings. The number of hydrogen-bond donors (Lipinski definition) is 2. The van der Waals surface area contributed by atoms with E-state index in [-0.39, 0.29) is 12.1 Å². The Labute approximate surface area is 117 Å². The summed E-state index contributed by atoms with van der Waals surface area (Å²) in [6.45, 7) is 11.0. The molecule has 0 spiro atoms. The van der Waals surface area contributed by atoms with Gasteiger partial charge < -0.3 is 15.2 Å². The van der Waals surface area contributed by atoms with Crippen molar-refractivity contribution in [1.29, 1.82) is 0 Å². The average Bonchev–Trinajstić information content (AvgIpc) is 2.26. The van der Waals surface area contributed by atoms with Gasteiger partial charge in [0.05, 0.1) is 13.2 Å². The molecule has 0 amide bonds. The van der Waals surface area contributed by atoms with Crippen LogP contribution < -0.4 is 10.1 Å². The molecule has 0 heterocycles. The molecule has 0 aliphatic heterocycles. The summed E-state index contributed by atoms with van der Waals surface area (Å²) in [5.74, 6) is 0.905. The highest BCUT2D eigenvalue weighted by Gasteiger charge is 2.23. The lowest BCUT2D eigenvalue weighted by atomic mass is 9.98. The second-order valence-corrected chi connectivity index (χ2v) is 5.94. The van der Waals surface area contributed by atoms with Gasteiger partial charge in [0, 0.05) is 18.0 Å². The number of aliphatic hydroxyl groups excluding tert-OH is 1. The molecule has 3 nitrogen and oxygen atoms in total. The summed E-state index contributed by atoms with van der Waals surface area (Å²) >= 11 is 0. The van der Waals surface area contributed by atoms with E-state index in [1.54, 1.807) is 0 Å². The van der Waals surface area contributed by atoms with Gasteiger partial charge in [0.2, 0.25) is 0 Å². The summed E-state index contributed by atoms with van der Waals surface area (Å²) in [6.07, 6.45) is 0.772. The van der Waals surface area contributed by atoms with E-state index in [4.69, 9.17) is 4.74 Å². The third-order valence-electron chi connectivity index (χ3n) is 3.10. The molecule has 0 fully saturated rings. The molecule has 19 heavy (non-hydrogen) atoms. The van der Waals surface area contributed by atoms with Gasteiger partial charge in [0.25, 0.3) is 0 Å². The third-order valence-corrected chi connectivity index (χ3v) is 3.10. The highest BCUT2D eigenvalue weighted by atomic mass is 16.5. The highest BCUT2D eigenvalue weighted by molar-refractivity contribution is 5.32. The van der Waals surface area contributed by atoms with E-state index in [0.29, 0.717) is 12.6 Å². The number of hydrogen-bond acceptors (Lipinski definition) is 3. The largest absolute Gasteiger partial charge is 0.494 e. The molecule has 1 unspecified atom stereocenters. The standard InChI is InChI=1S/C16H27NO2/c1-12(2)17-16(5,11-18)6-7-19-15-9-13(3)8-14(4)10-15/h8-10,12,17-18H,6-7,11H2,1-5H3. The van der Waals surface area contributed by atoms with Gasteiger partial charge in [-0.3, -0.25) is 0 Å². The van der Waals surface area contributed by atoms with Crippen LogP contribution in [0.1, 0.15) is 38.3 Å². The second kappa shape index (κ2) is 6.92. The minimum Gasteiger partial charge on any atom is -0.494 e. The quantitative estimate of drug-likeness (QED) is 0.796. The molecule has 0 saturated heterocycles. The fraction of sp³-hybridized carbons (Fsp3) is 0.625. The number of rotatable bonds is 7. The van der Waals surface area contributed by atoms with Gasteiger partial charge in [0.1, 0.15) is 5.75 Å². The average molecular weight is 265 g/mol. The Balaban J connectivity index is 2.52. The van der Waals surface area contributed by atoms with Crippen LogP contribution in [0.3, 0.4) is 0 Å². The number of aliphatic hydroxyl groups is 1. The molecular weight excluding hydrogens is 238 g/mol. The Morgan fingerprint density at radius 1 is 1.21 bits per heavy atom. The smallest absolute Gasteiger partial charge is 0.119 e. The summed E-state index contributed by atoms with van der Waals surface area (Å²) in [5.41, 5.74) is 2.13. The van der Waals surface area contributed by atoms with E-state index in [2.05, 4.69) is 39.1 Å². The number of aryl methyl sites for hydroxylation is 2. The van der Waals surface area contributed by atoms with Crippen LogP contribution in [-0.2, 0) is 0 Å². The van der Waals surface area contributed by atoms with Crippen LogP contribution in [0.25, 0.3) is 0 Å². The maximum absolute atomic E-state index is 9.50. The molecule has 0 saturated carbocycles. The van der Waals surface area contributed by atoms with E-state index in [1.807, 2.05) is 19.1 Å². The first-order valence-electron chi connectivity index (χ1n) is 6.94. The van der Waals surface area contributed by atoms with Gasteiger partial charge in [-0.2, -0.15) is 0 Å². The molecule has 1 rings (SSSR count). The first kappa shape index (κ1) is 16.0. The van der Waals surface area contributed by atoms with Crippen LogP contribution in [0.4, 0.5) is 0 Å². The van der Waals surface area contributed by atoms with Crippen LogP contribution in [0.15, 0.2) is 18.2 Å². The van der Waals surface area contributed by atoms with E-state index in [1.165, 1.54) is 11.1 Å². The van der Waals surface area contributed by atoms with Gasteiger partial charge in [0.15, 0.2) is 0 Å². The monoisotopic (exact) mass is 265 g/mol. The topological polar surface area (TPSA) is 41.5 Å². The molecule has 1 aromatic rings. The summed E-state index contributed by atoms with van der Waals surface area (Å²) in [7, 11) is 0. The van der Waals surface area contributed by atoms with Crippen molar-refractivity contribution in [3.05, 3.63) is 29.3 Å². The molecule has 0 bridgehead atoms. The predicted octanol–water partition coefficient (Wildman–Crippen LogP) is 2.82. The van der Waals surface area contributed by atoms with Crippen molar-refractivity contribution in [1.82, 2.24) is 5.32 Å². The van der Waals surface area contributed by atoms with Crippen molar-refractivity contribution >= 4 is 0 Å². The summed E-state index contributed by atoms with van der Waals surface area (Å²) in [4.78, 5) is 0. The number of benzene rings is 1. The Bertz CT molecular complexity index is 383. The van der Waals surface area contributed by atoms with Crippen molar-refractivity contribution in [2.45, 2.75) is 52.6 Å². The Hall–Kier alpha value is -1.06. The molecule has 1 aromatic carbocycles. The third kappa shape index (κ3) is 5.62. The lowest BCUT2D eigenvalue weighted by molar-refractivity contribution is 0.136. The Morgan fingerprint density at radius 2 is 1.79 bits per heavy atom. The van der Waals surface area contributed by atoms with Gasteiger partial charge in [-0.1, -0.05) is 19.9 Å². The fourth-order valence-corrected chi connectivity index (χ4v) is 2.30. The first-order valence-corrected chi connectivity index (χ1v) is 6.94. The summed E-state index contributed by atoms with van der Waals surface area (Å²) in [6, 6.07) is 6.56. The van der Waals surface area contributed by atoms with Crippen LogP contribution in [0.2, 0.25) is 0 Å². The Kier molecular flexibility index (Phi) is 5.83. The normalized spacial score (nSPS) is 14.5. The number of nitrogens with one attached hydrogen (secondary N) is 1. The fourth-order valence-electron chi connectivity index (χ4n) is 2.30. The van der Waals surface area contributed by atoms with Gasteiger partial charge in [-0.25, -0.2) is 0 Å². The highest BCUT2D eigenvalue weighted by Crippen LogP contribution is 2.18. The zero-order chi connectivity index (χ0) is 14.5. The van der Waals surface area contributed by atoms with E-state index >= 15 is 0 Å². The molecule has 108 valence electrons. The minimum atomic E-state index is -0.285. The van der Waals surface area contributed by atoms with Crippen molar-refractivity contribution in [2.75, 3.05) is 13.2 Å². The SMILES string of the molecule is Cc1cc(C)cc(OCCC(C)(CO)NC(C)C)c1. The van der Waals surface area contributed by atoms with E-state index in [0.717, 1.165) is 12.2 Å². The van der Waals surface area contributed by atoms with Crippen LogP contribution >= 0.6 is 0 Å². The zero-order valence-electron chi connectivity index (χ0n) is 12.8. The van der Waals surface area contributed by atoms with E-state index < -0.39 is 0 Å². The minimum absolute atomic E-state index is 0.112. The molecule has 3 heteroatoms. The van der Waals surface area contributed by atoms with Crippen molar-refractivity contribution in [3.8, 4) is 5.75 Å². The maximum atomic E-state index is 9.50. The van der Waals surface area contributed by atoms with Crippen molar-refractivity contribution < 1.29 is 9.84 Å². The molecular formula is C16H27NO2. The zero-order valence-corrected chi connectivity index (χ0v) is 12.8. The summed E-state index contributed by atoms with van der Waals surface area (Å²) in [5, 5.41) is 12.9. The molecule has 0 aliphatic carbocycles. The van der Waals surface area contributed by atoms with Gasteiger partial charge in [-0.05, 0) is 44.0 Å².